The van der Waals surface area contributed by atoms with Crippen molar-refractivity contribution in [1.82, 2.24) is 0 Å². The molecule has 1 heteroatoms. The minimum absolute atomic E-state index is 0.983. The third-order valence-electron chi connectivity index (χ3n) is 8.90. The van der Waals surface area contributed by atoms with Crippen LogP contribution in [0, 0.1) is 0 Å². The topological polar surface area (TPSA) is 13.1 Å². The minimum Gasteiger partial charge on any atom is -0.456 e. The van der Waals surface area contributed by atoms with Crippen molar-refractivity contribution in [2.45, 2.75) is 12.8 Å². The minimum atomic E-state index is 0.983. The zero-order valence-electron chi connectivity index (χ0n) is 22.5. The van der Waals surface area contributed by atoms with E-state index in [-0.39, 0.29) is 0 Å². The molecule has 0 amide bonds. The zero-order chi connectivity index (χ0) is 26.9. The van der Waals surface area contributed by atoms with Crippen molar-refractivity contribution < 1.29 is 4.42 Å². The Morgan fingerprint density at radius 2 is 1.12 bits per heavy atom. The van der Waals surface area contributed by atoms with E-state index < -0.39 is 0 Å². The predicted octanol–water partition coefficient (Wildman–Crippen LogP) is 10.3. The van der Waals surface area contributed by atoms with Gasteiger partial charge in [-0.1, -0.05) is 109 Å². The molecule has 0 saturated carbocycles. The number of rotatable bonds is 3. The molecule has 0 aliphatic heterocycles. The van der Waals surface area contributed by atoms with E-state index in [1.807, 2.05) is 0 Å². The fraction of sp³-hybridized carbons (Fsp3) is 0.0500. The van der Waals surface area contributed by atoms with Crippen molar-refractivity contribution in [2.24, 2.45) is 0 Å². The maximum Gasteiger partial charge on any atom is 0.136 e. The molecule has 0 unspecified atom stereocenters. The third kappa shape index (κ3) is 3.30. The molecule has 8 aromatic rings. The van der Waals surface area contributed by atoms with Crippen LogP contribution >= 0.6 is 0 Å². The van der Waals surface area contributed by atoms with Gasteiger partial charge in [0.2, 0.25) is 0 Å². The standard InChI is InChI=1S/C40H26O/c1-2-10-25(11-3-1)27-13-8-14-28(24-27)37-29-15-4-6-17-31(29)39(32-18-7-5-16-30(32)37)33-22-23-36-40-34(33)21-20-26-12-9-19-35(41-36)38(26)40/h1-8,10-11,13-24H,9,12H2. The quantitative estimate of drug-likeness (QED) is 0.210. The fourth-order valence-electron chi connectivity index (χ4n) is 7.14. The Bertz CT molecular complexity index is 2300. The molecule has 0 N–H and O–H groups in total. The summed E-state index contributed by atoms with van der Waals surface area (Å²) in [6, 6.07) is 46.6. The molecule has 0 spiro atoms. The summed E-state index contributed by atoms with van der Waals surface area (Å²) in [6.45, 7) is 0. The van der Waals surface area contributed by atoms with Crippen molar-refractivity contribution in [3.63, 3.8) is 0 Å². The SMILES string of the molecule is C1=c2oc3ccc(-c4c5ccccc5c(-c5cccc(-c6ccccc6)c5)c5ccccc45)c4ccc(c2c34)CC1. The molecule has 0 radical (unpaired) electrons. The monoisotopic (exact) mass is 522 g/mol. The van der Waals surface area contributed by atoms with Crippen molar-refractivity contribution in [3.8, 4) is 33.4 Å². The molecule has 41 heavy (non-hydrogen) atoms. The number of hydrogen-bond acceptors (Lipinski definition) is 1. The average Bonchev–Trinajstić information content (AvgIpc) is 3.43. The van der Waals surface area contributed by atoms with Gasteiger partial charge in [0.15, 0.2) is 0 Å². The molecule has 9 rings (SSSR count). The molecule has 0 bridgehead atoms. The van der Waals surface area contributed by atoms with E-state index in [1.54, 1.807) is 0 Å². The van der Waals surface area contributed by atoms with Crippen LogP contribution in [0.2, 0.25) is 0 Å². The molecular weight excluding hydrogens is 496 g/mol. The van der Waals surface area contributed by atoms with Crippen molar-refractivity contribution in [3.05, 3.63) is 138 Å². The summed E-state index contributed by atoms with van der Waals surface area (Å²) in [4.78, 5) is 0. The lowest BCUT2D eigenvalue weighted by Crippen LogP contribution is -2.04. The smallest absolute Gasteiger partial charge is 0.136 e. The van der Waals surface area contributed by atoms with Gasteiger partial charge >= 0.3 is 0 Å². The first-order chi connectivity index (χ1) is 20.3. The molecule has 1 aromatic heterocycles. The average molecular weight is 523 g/mol. The normalized spacial score (nSPS) is 12.9. The molecule has 192 valence electrons. The second-order valence-electron chi connectivity index (χ2n) is 11.1. The third-order valence-corrected chi connectivity index (χ3v) is 8.90. The molecule has 1 aliphatic carbocycles. The van der Waals surface area contributed by atoms with Crippen LogP contribution in [0.4, 0.5) is 0 Å². The Morgan fingerprint density at radius 1 is 0.463 bits per heavy atom. The first-order valence-electron chi connectivity index (χ1n) is 14.4. The van der Waals surface area contributed by atoms with Crippen LogP contribution in [0.25, 0.3) is 82.7 Å². The molecule has 7 aromatic carbocycles. The van der Waals surface area contributed by atoms with E-state index in [9.17, 15) is 0 Å². The fourth-order valence-corrected chi connectivity index (χ4v) is 7.14. The van der Waals surface area contributed by atoms with Crippen molar-refractivity contribution >= 4 is 49.4 Å². The molecule has 0 fully saturated rings. The lowest BCUT2D eigenvalue weighted by molar-refractivity contribution is 0.579. The van der Waals surface area contributed by atoms with Crippen LogP contribution in [0.15, 0.2) is 132 Å². The Kier molecular flexibility index (Phi) is 4.80. The Hall–Kier alpha value is -5.14. The maximum absolute atomic E-state index is 6.36. The Labute approximate surface area is 238 Å². The summed E-state index contributed by atoms with van der Waals surface area (Å²) < 4.78 is 6.36. The van der Waals surface area contributed by atoms with Gasteiger partial charge in [-0.25, -0.2) is 0 Å². The van der Waals surface area contributed by atoms with E-state index in [4.69, 9.17) is 4.42 Å². The highest BCUT2D eigenvalue weighted by molar-refractivity contribution is 6.25. The second-order valence-corrected chi connectivity index (χ2v) is 11.1. The molecule has 1 nitrogen and oxygen atoms in total. The predicted molar refractivity (Wildman–Crippen MR) is 173 cm³/mol. The van der Waals surface area contributed by atoms with Gasteiger partial charge in [-0.2, -0.15) is 0 Å². The summed E-state index contributed by atoms with van der Waals surface area (Å²) in [5.41, 5.74) is 11.0. The van der Waals surface area contributed by atoms with Gasteiger partial charge in [-0.05, 0) is 103 Å². The van der Waals surface area contributed by atoms with Crippen molar-refractivity contribution in [1.29, 1.82) is 0 Å². The van der Waals surface area contributed by atoms with Crippen LogP contribution in [-0.2, 0) is 6.42 Å². The summed E-state index contributed by atoms with van der Waals surface area (Å²) in [5, 5.41) is 8.91. The summed E-state index contributed by atoms with van der Waals surface area (Å²) in [7, 11) is 0. The first-order valence-corrected chi connectivity index (χ1v) is 14.4. The maximum atomic E-state index is 6.36. The molecule has 1 aliphatic rings. The van der Waals surface area contributed by atoms with Gasteiger partial charge in [-0.3, -0.25) is 0 Å². The summed E-state index contributed by atoms with van der Waals surface area (Å²) in [6.07, 6.45) is 4.37. The van der Waals surface area contributed by atoms with Crippen LogP contribution in [0.1, 0.15) is 12.0 Å². The van der Waals surface area contributed by atoms with Gasteiger partial charge in [0.1, 0.15) is 11.0 Å². The van der Waals surface area contributed by atoms with E-state index in [1.165, 1.54) is 76.6 Å². The van der Waals surface area contributed by atoms with Gasteiger partial charge < -0.3 is 4.42 Å². The van der Waals surface area contributed by atoms with E-state index in [0.717, 1.165) is 23.8 Å². The van der Waals surface area contributed by atoms with Crippen molar-refractivity contribution in [2.75, 3.05) is 0 Å². The van der Waals surface area contributed by atoms with Crippen LogP contribution in [0.3, 0.4) is 0 Å². The van der Waals surface area contributed by atoms with Gasteiger partial charge in [-0.15, -0.1) is 0 Å². The van der Waals surface area contributed by atoms with Crippen LogP contribution in [0.5, 0.6) is 0 Å². The number of fused-ring (bicyclic) bond motifs is 2. The largest absolute Gasteiger partial charge is 0.456 e. The van der Waals surface area contributed by atoms with Gasteiger partial charge in [0, 0.05) is 10.8 Å². The number of benzene rings is 7. The van der Waals surface area contributed by atoms with E-state index >= 15 is 0 Å². The number of hydrogen-bond donors (Lipinski definition) is 0. The highest BCUT2D eigenvalue weighted by atomic mass is 16.3. The summed E-state index contributed by atoms with van der Waals surface area (Å²) in [5.74, 6) is 0. The van der Waals surface area contributed by atoms with Crippen LogP contribution in [-0.4, -0.2) is 0 Å². The second kappa shape index (κ2) is 8.68. The van der Waals surface area contributed by atoms with E-state index in [2.05, 4.69) is 133 Å². The zero-order valence-corrected chi connectivity index (χ0v) is 22.5. The lowest BCUT2D eigenvalue weighted by Gasteiger charge is -2.19. The first kappa shape index (κ1) is 22.7. The van der Waals surface area contributed by atoms with E-state index in [0.29, 0.717) is 0 Å². The highest BCUT2D eigenvalue weighted by Gasteiger charge is 2.21. The lowest BCUT2D eigenvalue weighted by atomic mass is 9.83. The Morgan fingerprint density at radius 3 is 1.88 bits per heavy atom. The molecular formula is C40H26O. The number of aryl methyl sites for hydroxylation is 1. The summed E-state index contributed by atoms with van der Waals surface area (Å²) >= 11 is 0. The van der Waals surface area contributed by atoms with Gasteiger partial charge in [0.05, 0.1) is 0 Å². The highest BCUT2D eigenvalue weighted by Crippen LogP contribution is 2.47. The van der Waals surface area contributed by atoms with Crippen LogP contribution < -0.4 is 5.42 Å². The molecule has 1 heterocycles. The Balaban J connectivity index is 1.39. The molecule has 0 atom stereocenters. The number of furan rings is 1. The van der Waals surface area contributed by atoms with Gasteiger partial charge in [0.25, 0.3) is 0 Å². The molecule has 0 saturated heterocycles.